The fraction of sp³-hybridized carbons (Fsp3) is 0.571. The highest BCUT2D eigenvalue weighted by molar-refractivity contribution is 5.24. The molecule has 12 nitrogen and oxygen atoms in total. The van der Waals surface area contributed by atoms with Crippen LogP contribution >= 0.6 is 0 Å². The number of anilines is 2. The monoisotopic (exact) mass is 364 g/mol. The molecule has 0 aliphatic carbocycles. The van der Waals surface area contributed by atoms with Gasteiger partial charge in [0.15, 0.2) is 0 Å². The molecular weight excluding hydrogens is 336 g/mol. The van der Waals surface area contributed by atoms with Crippen molar-refractivity contribution in [3.05, 3.63) is 23.3 Å². The molecule has 0 spiro atoms. The molecule has 0 saturated heterocycles. The van der Waals surface area contributed by atoms with Crippen molar-refractivity contribution in [3.8, 4) is 0 Å². The zero-order chi connectivity index (χ0) is 19.4. The average Bonchev–Trinajstić information content (AvgIpc) is 2.54. The predicted molar refractivity (Wildman–Crippen MR) is 100.0 cm³/mol. The van der Waals surface area contributed by atoms with Crippen molar-refractivity contribution < 1.29 is 0 Å². The van der Waals surface area contributed by atoms with Gasteiger partial charge in [-0.15, -0.1) is 0 Å². The van der Waals surface area contributed by atoms with Crippen LogP contribution in [0, 0.1) is 27.7 Å². The molecule has 0 saturated carbocycles. The van der Waals surface area contributed by atoms with E-state index in [1.165, 1.54) is 0 Å². The summed E-state index contributed by atoms with van der Waals surface area (Å²) in [7, 11) is 0. The second-order valence-corrected chi connectivity index (χ2v) is 5.12. The number of nitrogens with one attached hydrogen (secondary N) is 4. The quantitative estimate of drug-likeness (QED) is 0.242. The molecule has 0 unspecified atom stereocenters. The van der Waals surface area contributed by atoms with Gasteiger partial charge in [0, 0.05) is 13.3 Å². The maximum absolute atomic E-state index is 5.25. The van der Waals surface area contributed by atoms with Crippen LogP contribution in [-0.4, -0.2) is 56.6 Å². The highest BCUT2D eigenvalue weighted by Gasteiger charge is 1.98. The van der Waals surface area contributed by atoms with Crippen LogP contribution in [-0.2, 0) is 0 Å². The van der Waals surface area contributed by atoms with Crippen molar-refractivity contribution in [1.82, 2.24) is 40.5 Å². The van der Waals surface area contributed by atoms with E-state index in [2.05, 4.69) is 51.2 Å². The van der Waals surface area contributed by atoms with Crippen molar-refractivity contribution in [2.45, 2.75) is 27.7 Å². The van der Waals surface area contributed by atoms with E-state index in [0.717, 1.165) is 0 Å². The highest BCUT2D eigenvalue weighted by Crippen LogP contribution is 1.98. The zero-order valence-corrected chi connectivity index (χ0v) is 15.7. The summed E-state index contributed by atoms with van der Waals surface area (Å²) in [6.07, 6.45) is 0. The van der Waals surface area contributed by atoms with Gasteiger partial charge in [-0.25, -0.2) is 9.97 Å². The third-order valence-corrected chi connectivity index (χ3v) is 2.75. The van der Waals surface area contributed by atoms with Crippen LogP contribution in [0.4, 0.5) is 11.9 Å². The molecule has 0 fully saturated rings. The van der Waals surface area contributed by atoms with Gasteiger partial charge in [-0.1, -0.05) is 0 Å². The first-order chi connectivity index (χ1) is 12.4. The molecule has 8 N–H and O–H groups in total. The van der Waals surface area contributed by atoms with Crippen molar-refractivity contribution in [2.24, 2.45) is 11.5 Å². The van der Waals surface area contributed by atoms with Gasteiger partial charge in [-0.2, -0.15) is 19.9 Å². The summed E-state index contributed by atoms with van der Waals surface area (Å²) >= 11 is 0. The van der Waals surface area contributed by atoms with Crippen LogP contribution < -0.4 is 32.7 Å². The smallest absolute Gasteiger partial charge is 0.227 e. The van der Waals surface area contributed by atoms with Gasteiger partial charge < -0.3 is 22.1 Å². The van der Waals surface area contributed by atoms with E-state index in [1.54, 1.807) is 0 Å². The van der Waals surface area contributed by atoms with Crippen LogP contribution in [0.2, 0.25) is 0 Å². The standard InChI is InChI=1S/2C7H14N6/c2*1-5-11-6(2)13-7(12-5)10-4-9-3-8/h2*9H,3-4,8H2,1-2H3,(H,10,11,12,13). The van der Waals surface area contributed by atoms with Crippen molar-refractivity contribution in [3.63, 3.8) is 0 Å². The molecular formula is C14H28N12. The molecule has 12 heteroatoms. The van der Waals surface area contributed by atoms with Gasteiger partial charge in [-0.05, 0) is 27.7 Å². The molecule has 2 aromatic rings. The van der Waals surface area contributed by atoms with Gasteiger partial charge in [0.05, 0.1) is 13.3 Å². The summed E-state index contributed by atoms with van der Waals surface area (Å²) in [6.45, 7) is 9.28. The molecule has 144 valence electrons. The Morgan fingerprint density at radius 3 is 1.15 bits per heavy atom. The Morgan fingerprint density at radius 1 is 0.577 bits per heavy atom. The Kier molecular flexibility index (Phi) is 9.86. The Balaban J connectivity index is 0.000000260. The molecule has 0 bridgehead atoms. The first kappa shape index (κ1) is 21.5. The lowest BCUT2D eigenvalue weighted by molar-refractivity contribution is 0.741. The van der Waals surface area contributed by atoms with Gasteiger partial charge in [0.1, 0.15) is 23.3 Å². The van der Waals surface area contributed by atoms with E-state index < -0.39 is 0 Å². The first-order valence-corrected chi connectivity index (χ1v) is 8.12. The second-order valence-electron chi connectivity index (χ2n) is 5.12. The molecule has 0 radical (unpaired) electrons. The number of nitrogens with zero attached hydrogens (tertiary/aromatic N) is 6. The van der Waals surface area contributed by atoms with Crippen LogP contribution in [0.5, 0.6) is 0 Å². The summed E-state index contributed by atoms with van der Waals surface area (Å²) in [6, 6.07) is 0. The minimum atomic E-state index is 0.427. The maximum atomic E-state index is 5.25. The van der Waals surface area contributed by atoms with E-state index in [0.29, 0.717) is 61.9 Å². The molecule has 0 aromatic carbocycles. The van der Waals surface area contributed by atoms with E-state index in [-0.39, 0.29) is 0 Å². The number of nitrogens with two attached hydrogens (primary N) is 2. The van der Waals surface area contributed by atoms with Crippen LogP contribution in [0.3, 0.4) is 0 Å². The summed E-state index contributed by atoms with van der Waals surface area (Å²) in [5, 5.41) is 11.8. The van der Waals surface area contributed by atoms with E-state index in [1.807, 2.05) is 27.7 Å². The Bertz CT molecular complexity index is 564. The number of hydrogen-bond acceptors (Lipinski definition) is 12. The SMILES string of the molecule is Cc1nc(C)nc(NCNCN)n1.Cc1nc(C)nc(NCNCN)n1. The summed E-state index contributed by atoms with van der Waals surface area (Å²) in [4.78, 5) is 24.5. The van der Waals surface area contributed by atoms with Crippen molar-refractivity contribution in [2.75, 3.05) is 37.3 Å². The second kappa shape index (κ2) is 11.9. The molecule has 2 heterocycles. The number of hydrogen-bond donors (Lipinski definition) is 6. The minimum Gasteiger partial charge on any atom is -0.342 e. The Labute approximate surface area is 153 Å². The minimum absolute atomic E-state index is 0.427. The molecule has 0 atom stereocenters. The van der Waals surface area contributed by atoms with Crippen molar-refractivity contribution in [1.29, 1.82) is 0 Å². The zero-order valence-electron chi connectivity index (χ0n) is 15.7. The summed E-state index contributed by atoms with van der Waals surface area (Å²) in [5.74, 6) is 3.99. The van der Waals surface area contributed by atoms with E-state index >= 15 is 0 Å². The highest BCUT2D eigenvalue weighted by atomic mass is 15.2. The lowest BCUT2D eigenvalue weighted by atomic mass is 10.6. The third kappa shape index (κ3) is 9.08. The van der Waals surface area contributed by atoms with Gasteiger partial charge in [-0.3, -0.25) is 10.6 Å². The largest absolute Gasteiger partial charge is 0.342 e. The average molecular weight is 364 g/mol. The molecule has 0 aliphatic rings. The normalized spacial score (nSPS) is 10.1. The lowest BCUT2D eigenvalue weighted by Crippen LogP contribution is -2.28. The predicted octanol–water partition coefficient (Wildman–Crippen LogP) is -1.27. The van der Waals surface area contributed by atoms with Crippen molar-refractivity contribution >= 4 is 11.9 Å². The van der Waals surface area contributed by atoms with E-state index in [9.17, 15) is 0 Å². The summed E-state index contributed by atoms with van der Waals surface area (Å²) in [5.41, 5.74) is 10.5. The number of aryl methyl sites for hydroxylation is 4. The Morgan fingerprint density at radius 2 is 0.885 bits per heavy atom. The van der Waals surface area contributed by atoms with Crippen LogP contribution in [0.25, 0.3) is 0 Å². The van der Waals surface area contributed by atoms with Crippen LogP contribution in [0.15, 0.2) is 0 Å². The third-order valence-electron chi connectivity index (χ3n) is 2.75. The maximum Gasteiger partial charge on any atom is 0.227 e. The lowest BCUT2D eigenvalue weighted by Gasteiger charge is -2.05. The van der Waals surface area contributed by atoms with Gasteiger partial charge >= 0.3 is 0 Å². The van der Waals surface area contributed by atoms with Gasteiger partial charge in [0.25, 0.3) is 0 Å². The molecule has 26 heavy (non-hydrogen) atoms. The molecule has 0 aliphatic heterocycles. The number of aromatic nitrogens is 6. The molecule has 0 amide bonds. The Hall–Kier alpha value is -2.54. The topological polar surface area (TPSA) is 178 Å². The fourth-order valence-corrected chi connectivity index (χ4v) is 1.82. The number of rotatable bonds is 8. The van der Waals surface area contributed by atoms with Crippen LogP contribution in [0.1, 0.15) is 23.3 Å². The summed E-state index contributed by atoms with van der Waals surface area (Å²) < 4.78 is 0. The molecule has 2 aromatic heterocycles. The fourth-order valence-electron chi connectivity index (χ4n) is 1.82. The van der Waals surface area contributed by atoms with E-state index in [4.69, 9.17) is 11.5 Å². The molecule has 2 rings (SSSR count). The first-order valence-electron chi connectivity index (χ1n) is 8.12. The van der Waals surface area contributed by atoms with Gasteiger partial charge in [0.2, 0.25) is 11.9 Å².